The van der Waals surface area contributed by atoms with E-state index in [-0.39, 0.29) is 12.6 Å². The first kappa shape index (κ1) is 19.5. The van der Waals surface area contributed by atoms with Crippen molar-refractivity contribution in [2.24, 2.45) is 0 Å². The Morgan fingerprint density at radius 3 is 2.31 bits per heavy atom. The average molecular weight is 364 g/mol. The number of imide groups is 1. The molecule has 0 radical (unpaired) electrons. The Hall–Kier alpha value is -2.81. The Labute approximate surface area is 152 Å². The summed E-state index contributed by atoms with van der Waals surface area (Å²) in [6.45, 7) is 4.26. The number of nitrogens with one attached hydrogen (secondary N) is 2. The van der Waals surface area contributed by atoms with Crippen LogP contribution in [-0.4, -0.2) is 74.3 Å². The van der Waals surface area contributed by atoms with E-state index in [0.717, 1.165) is 0 Å². The summed E-state index contributed by atoms with van der Waals surface area (Å²) in [7, 11) is 1.56. The summed E-state index contributed by atoms with van der Waals surface area (Å²) < 4.78 is 9.99. The fraction of sp³-hybridized carbons (Fsp3) is 0.471. The molecular weight excluding hydrogens is 340 g/mol. The molecule has 0 unspecified atom stereocenters. The molecule has 9 heteroatoms. The van der Waals surface area contributed by atoms with Crippen molar-refractivity contribution < 1.29 is 23.9 Å². The molecule has 9 nitrogen and oxygen atoms in total. The number of hydrogen-bond donors (Lipinski definition) is 2. The summed E-state index contributed by atoms with van der Waals surface area (Å²) in [4.78, 5) is 39.0. The molecule has 1 saturated heterocycles. The molecule has 1 fully saturated rings. The van der Waals surface area contributed by atoms with Crippen LogP contribution in [0.3, 0.4) is 0 Å². The molecular formula is C17H24N4O5. The van der Waals surface area contributed by atoms with Gasteiger partial charge >= 0.3 is 12.1 Å². The minimum absolute atomic E-state index is 0.0900. The quantitative estimate of drug-likeness (QED) is 0.812. The van der Waals surface area contributed by atoms with Crippen molar-refractivity contribution in [2.45, 2.75) is 6.92 Å². The predicted octanol–water partition coefficient (Wildman–Crippen LogP) is 1.12. The van der Waals surface area contributed by atoms with Gasteiger partial charge in [0.05, 0.1) is 20.3 Å². The number of amides is 4. The number of rotatable bonds is 5. The molecule has 142 valence electrons. The van der Waals surface area contributed by atoms with E-state index < -0.39 is 11.9 Å². The molecule has 0 aliphatic carbocycles. The van der Waals surface area contributed by atoms with Crippen LogP contribution in [0.2, 0.25) is 0 Å². The molecule has 1 heterocycles. The van der Waals surface area contributed by atoms with Crippen molar-refractivity contribution in [3.63, 3.8) is 0 Å². The normalized spacial score (nSPS) is 14.5. The smallest absolute Gasteiger partial charge is 0.409 e. The highest BCUT2D eigenvalue weighted by atomic mass is 16.6. The lowest BCUT2D eigenvalue weighted by Crippen LogP contribution is -2.51. The lowest BCUT2D eigenvalue weighted by molar-refractivity contribution is -0.121. The number of ether oxygens (including phenoxy) is 2. The maximum Gasteiger partial charge on any atom is 0.409 e. The number of carbonyl (C=O) groups is 3. The number of carbonyl (C=O) groups excluding carboxylic acids is 3. The van der Waals surface area contributed by atoms with E-state index in [2.05, 4.69) is 10.6 Å². The van der Waals surface area contributed by atoms with E-state index in [4.69, 9.17) is 9.47 Å². The maximum absolute atomic E-state index is 12.0. The zero-order valence-corrected chi connectivity index (χ0v) is 15.0. The third-order valence-electron chi connectivity index (χ3n) is 3.87. The SMILES string of the molecule is CCOC(=O)N1CCN(CC(=O)NC(=O)Nc2ccc(OC)cc2)CC1. The Morgan fingerprint density at radius 2 is 1.73 bits per heavy atom. The maximum atomic E-state index is 12.0. The Balaban J connectivity index is 1.71. The van der Waals surface area contributed by atoms with Crippen LogP contribution in [-0.2, 0) is 9.53 Å². The van der Waals surface area contributed by atoms with Crippen LogP contribution in [0.5, 0.6) is 5.75 Å². The minimum atomic E-state index is -0.592. The number of piperazine rings is 1. The summed E-state index contributed by atoms with van der Waals surface area (Å²) in [5.74, 6) is 0.273. The van der Waals surface area contributed by atoms with Gasteiger partial charge in [-0.1, -0.05) is 0 Å². The molecule has 1 aliphatic heterocycles. The van der Waals surface area contributed by atoms with Crippen molar-refractivity contribution in [1.82, 2.24) is 15.1 Å². The lowest BCUT2D eigenvalue weighted by Gasteiger charge is -2.33. The van der Waals surface area contributed by atoms with Crippen molar-refractivity contribution in [1.29, 1.82) is 0 Å². The van der Waals surface area contributed by atoms with Gasteiger partial charge in [0.15, 0.2) is 0 Å². The third kappa shape index (κ3) is 5.92. The summed E-state index contributed by atoms with van der Waals surface area (Å²) >= 11 is 0. The average Bonchev–Trinajstić information content (AvgIpc) is 2.63. The van der Waals surface area contributed by atoms with Crippen LogP contribution in [0.25, 0.3) is 0 Å². The van der Waals surface area contributed by atoms with Crippen molar-refractivity contribution >= 4 is 23.7 Å². The van der Waals surface area contributed by atoms with Gasteiger partial charge in [0.1, 0.15) is 5.75 Å². The topological polar surface area (TPSA) is 100 Å². The first-order valence-corrected chi connectivity index (χ1v) is 8.40. The van der Waals surface area contributed by atoms with Gasteiger partial charge in [0.25, 0.3) is 0 Å². The van der Waals surface area contributed by atoms with Gasteiger partial charge in [-0.05, 0) is 31.2 Å². The van der Waals surface area contributed by atoms with E-state index in [1.807, 2.05) is 4.90 Å². The fourth-order valence-corrected chi connectivity index (χ4v) is 2.51. The summed E-state index contributed by atoms with van der Waals surface area (Å²) in [5, 5.41) is 4.87. The van der Waals surface area contributed by atoms with Crippen LogP contribution in [0.1, 0.15) is 6.92 Å². The third-order valence-corrected chi connectivity index (χ3v) is 3.87. The first-order valence-electron chi connectivity index (χ1n) is 8.40. The van der Waals surface area contributed by atoms with Gasteiger partial charge in [0, 0.05) is 31.9 Å². The minimum Gasteiger partial charge on any atom is -0.497 e. The van der Waals surface area contributed by atoms with E-state index in [1.54, 1.807) is 43.2 Å². The predicted molar refractivity (Wildman–Crippen MR) is 95.2 cm³/mol. The van der Waals surface area contributed by atoms with Crippen LogP contribution < -0.4 is 15.4 Å². The van der Waals surface area contributed by atoms with Crippen LogP contribution >= 0.6 is 0 Å². The highest BCUT2D eigenvalue weighted by Crippen LogP contribution is 2.14. The van der Waals surface area contributed by atoms with E-state index in [1.165, 1.54) is 0 Å². The number of anilines is 1. The fourth-order valence-electron chi connectivity index (χ4n) is 2.51. The second-order valence-corrected chi connectivity index (χ2v) is 5.69. The van der Waals surface area contributed by atoms with Gasteiger partial charge in [-0.2, -0.15) is 0 Å². The van der Waals surface area contributed by atoms with E-state index in [0.29, 0.717) is 44.2 Å². The molecule has 0 spiro atoms. The highest BCUT2D eigenvalue weighted by molar-refractivity contribution is 6.01. The molecule has 26 heavy (non-hydrogen) atoms. The lowest BCUT2D eigenvalue weighted by atomic mass is 10.3. The zero-order valence-electron chi connectivity index (χ0n) is 15.0. The van der Waals surface area contributed by atoms with Crippen molar-refractivity contribution in [3.8, 4) is 5.75 Å². The second-order valence-electron chi connectivity index (χ2n) is 5.69. The Morgan fingerprint density at radius 1 is 1.08 bits per heavy atom. The molecule has 0 saturated carbocycles. The largest absolute Gasteiger partial charge is 0.497 e. The summed E-state index contributed by atoms with van der Waals surface area (Å²) in [6.07, 6.45) is -0.338. The van der Waals surface area contributed by atoms with E-state index >= 15 is 0 Å². The van der Waals surface area contributed by atoms with E-state index in [9.17, 15) is 14.4 Å². The van der Waals surface area contributed by atoms with Crippen LogP contribution in [0.15, 0.2) is 24.3 Å². The number of methoxy groups -OCH3 is 1. The van der Waals surface area contributed by atoms with Crippen LogP contribution in [0.4, 0.5) is 15.3 Å². The number of hydrogen-bond acceptors (Lipinski definition) is 6. The molecule has 1 aromatic carbocycles. The van der Waals surface area contributed by atoms with Crippen molar-refractivity contribution in [3.05, 3.63) is 24.3 Å². The first-order chi connectivity index (χ1) is 12.5. The highest BCUT2D eigenvalue weighted by Gasteiger charge is 2.23. The molecule has 0 atom stereocenters. The van der Waals surface area contributed by atoms with Gasteiger partial charge in [-0.3, -0.25) is 15.0 Å². The number of urea groups is 1. The van der Waals surface area contributed by atoms with Crippen molar-refractivity contribution in [2.75, 3.05) is 51.8 Å². The molecule has 1 aromatic rings. The van der Waals surface area contributed by atoms with Gasteiger partial charge in [0.2, 0.25) is 5.91 Å². The molecule has 4 amide bonds. The van der Waals surface area contributed by atoms with Gasteiger partial charge in [-0.15, -0.1) is 0 Å². The zero-order chi connectivity index (χ0) is 18.9. The standard InChI is InChI=1S/C17H24N4O5/c1-3-26-17(24)21-10-8-20(9-11-21)12-15(22)19-16(23)18-13-4-6-14(25-2)7-5-13/h4-7H,3,8-12H2,1-2H3,(H2,18,19,22,23). The monoisotopic (exact) mass is 364 g/mol. The molecule has 0 aromatic heterocycles. The second kappa shape index (κ2) is 9.62. The van der Waals surface area contributed by atoms with Gasteiger partial charge < -0.3 is 19.7 Å². The molecule has 1 aliphatic rings. The summed E-state index contributed by atoms with van der Waals surface area (Å²) in [5.41, 5.74) is 0.555. The van der Waals surface area contributed by atoms with Gasteiger partial charge in [-0.25, -0.2) is 9.59 Å². The Kier molecular flexibility index (Phi) is 7.22. The summed E-state index contributed by atoms with van der Waals surface area (Å²) in [6, 6.07) is 6.18. The van der Waals surface area contributed by atoms with Crippen LogP contribution in [0, 0.1) is 0 Å². The Bertz CT molecular complexity index is 627. The number of benzene rings is 1. The number of nitrogens with zero attached hydrogens (tertiary/aromatic N) is 2. The molecule has 2 rings (SSSR count). The molecule has 0 bridgehead atoms. The molecule has 2 N–H and O–H groups in total.